The molecule has 6 nitrogen and oxygen atoms in total. The third-order valence-electron chi connectivity index (χ3n) is 3.57. The molecule has 21 heavy (non-hydrogen) atoms. The molecule has 0 saturated carbocycles. The van der Waals surface area contributed by atoms with Gasteiger partial charge in [0.1, 0.15) is 11.8 Å². The number of likely N-dealkylation sites (tertiary alicyclic amines) is 1. The van der Waals surface area contributed by atoms with E-state index < -0.39 is 6.09 Å². The van der Waals surface area contributed by atoms with E-state index in [1.165, 1.54) is 7.11 Å². The molecule has 1 N–H and O–H groups in total. The normalized spacial score (nSPS) is 18.0. The van der Waals surface area contributed by atoms with Crippen LogP contribution in [0.1, 0.15) is 17.5 Å². The molecule has 0 aliphatic carbocycles. The minimum absolute atomic E-state index is 0.117. The molecular formula is C15H19N3O3. The van der Waals surface area contributed by atoms with E-state index in [4.69, 9.17) is 10.00 Å². The smallest absolute Gasteiger partial charge is 0.407 e. The number of nitrogens with zero attached hydrogens (tertiary/aromatic N) is 2. The van der Waals surface area contributed by atoms with Gasteiger partial charge in [0.2, 0.25) is 0 Å². The van der Waals surface area contributed by atoms with Crippen molar-refractivity contribution in [1.82, 2.24) is 10.2 Å². The summed E-state index contributed by atoms with van der Waals surface area (Å²) in [7, 11) is 2.92. The molecule has 0 radical (unpaired) electrons. The third-order valence-corrected chi connectivity index (χ3v) is 3.57. The second-order valence-electron chi connectivity index (χ2n) is 5.00. The lowest BCUT2D eigenvalue weighted by Gasteiger charge is -2.17. The Morgan fingerprint density at radius 2 is 2.33 bits per heavy atom. The Labute approximate surface area is 124 Å². The molecule has 0 bridgehead atoms. The van der Waals surface area contributed by atoms with E-state index in [0.717, 1.165) is 31.6 Å². The van der Waals surface area contributed by atoms with Crippen LogP contribution < -0.4 is 10.1 Å². The maximum atomic E-state index is 11.2. The van der Waals surface area contributed by atoms with Gasteiger partial charge in [-0.15, -0.1) is 0 Å². The Bertz CT molecular complexity index is 554. The van der Waals surface area contributed by atoms with Crippen LogP contribution in [-0.2, 0) is 11.3 Å². The number of nitriles is 1. The van der Waals surface area contributed by atoms with Gasteiger partial charge in [0.15, 0.2) is 0 Å². The van der Waals surface area contributed by atoms with Crippen LogP contribution in [0.5, 0.6) is 5.75 Å². The molecule has 1 aromatic carbocycles. The number of alkyl carbamates (subject to hydrolysis) is 1. The van der Waals surface area contributed by atoms with Gasteiger partial charge in [0.25, 0.3) is 0 Å². The van der Waals surface area contributed by atoms with Crippen LogP contribution in [0.3, 0.4) is 0 Å². The average molecular weight is 289 g/mol. The summed E-state index contributed by atoms with van der Waals surface area (Å²) in [6, 6.07) is 7.87. The van der Waals surface area contributed by atoms with Gasteiger partial charge in [0.05, 0.1) is 19.8 Å². The fourth-order valence-electron chi connectivity index (χ4n) is 2.52. The van der Waals surface area contributed by atoms with E-state index >= 15 is 0 Å². The van der Waals surface area contributed by atoms with Crippen LogP contribution in [0.25, 0.3) is 0 Å². The third kappa shape index (κ3) is 3.86. The van der Waals surface area contributed by atoms with Crippen LogP contribution in [-0.4, -0.2) is 44.3 Å². The number of methoxy groups -OCH3 is 2. The van der Waals surface area contributed by atoms with E-state index in [1.807, 2.05) is 18.2 Å². The maximum absolute atomic E-state index is 11.2. The average Bonchev–Trinajstić information content (AvgIpc) is 2.93. The second kappa shape index (κ2) is 6.95. The summed E-state index contributed by atoms with van der Waals surface area (Å²) in [4.78, 5) is 13.4. The number of benzene rings is 1. The number of hydrogen-bond donors (Lipinski definition) is 1. The zero-order valence-corrected chi connectivity index (χ0v) is 12.3. The highest BCUT2D eigenvalue weighted by Gasteiger charge is 2.24. The molecule has 112 valence electrons. The van der Waals surface area contributed by atoms with Crippen molar-refractivity contribution >= 4 is 6.09 Å². The van der Waals surface area contributed by atoms with E-state index in [0.29, 0.717) is 11.3 Å². The Morgan fingerprint density at radius 1 is 1.52 bits per heavy atom. The summed E-state index contributed by atoms with van der Waals surface area (Å²) in [5.41, 5.74) is 1.60. The number of ether oxygens (including phenoxy) is 2. The van der Waals surface area contributed by atoms with Crippen LogP contribution in [0.4, 0.5) is 4.79 Å². The summed E-state index contributed by atoms with van der Waals surface area (Å²) in [5, 5.41) is 11.9. The highest BCUT2D eigenvalue weighted by atomic mass is 16.5. The van der Waals surface area contributed by atoms with Gasteiger partial charge in [-0.2, -0.15) is 5.26 Å². The van der Waals surface area contributed by atoms with E-state index in [9.17, 15) is 4.79 Å². The van der Waals surface area contributed by atoms with Crippen LogP contribution in [0, 0.1) is 11.3 Å². The Balaban J connectivity index is 1.94. The Kier molecular flexibility index (Phi) is 5.01. The van der Waals surface area contributed by atoms with Gasteiger partial charge in [-0.05, 0) is 24.1 Å². The molecule has 1 atom stereocenters. The molecule has 2 rings (SSSR count). The van der Waals surface area contributed by atoms with Gasteiger partial charge < -0.3 is 14.8 Å². The molecule has 0 aromatic heterocycles. The number of amides is 1. The van der Waals surface area contributed by atoms with Gasteiger partial charge in [-0.25, -0.2) is 4.79 Å². The van der Waals surface area contributed by atoms with Crippen molar-refractivity contribution in [2.75, 3.05) is 27.3 Å². The first kappa shape index (κ1) is 15.1. The molecule has 1 aliphatic rings. The summed E-state index contributed by atoms with van der Waals surface area (Å²) in [6.07, 6.45) is 0.508. The Morgan fingerprint density at radius 3 is 3.00 bits per heavy atom. The first-order valence-corrected chi connectivity index (χ1v) is 6.80. The van der Waals surface area contributed by atoms with Crippen LogP contribution >= 0.6 is 0 Å². The number of hydrogen-bond acceptors (Lipinski definition) is 5. The quantitative estimate of drug-likeness (QED) is 0.909. The molecule has 1 unspecified atom stereocenters. The number of rotatable bonds is 4. The first-order valence-electron chi connectivity index (χ1n) is 6.80. The van der Waals surface area contributed by atoms with Gasteiger partial charge in [-0.1, -0.05) is 6.07 Å². The lowest BCUT2D eigenvalue weighted by atomic mass is 10.1. The molecule has 1 saturated heterocycles. The van der Waals surface area contributed by atoms with Crippen molar-refractivity contribution < 1.29 is 14.3 Å². The molecule has 1 amide bonds. The van der Waals surface area contributed by atoms with Crippen molar-refractivity contribution in [3.63, 3.8) is 0 Å². The SMILES string of the molecule is COC(=O)NC1CCN(Cc2ccc(OC)c(C#N)c2)C1. The fourth-order valence-corrected chi connectivity index (χ4v) is 2.52. The highest BCUT2D eigenvalue weighted by molar-refractivity contribution is 5.67. The number of carbonyl (C=O) groups is 1. The highest BCUT2D eigenvalue weighted by Crippen LogP contribution is 2.21. The first-order chi connectivity index (χ1) is 10.2. The lowest BCUT2D eigenvalue weighted by molar-refractivity contribution is 0.166. The van der Waals surface area contributed by atoms with E-state index in [-0.39, 0.29) is 6.04 Å². The van der Waals surface area contributed by atoms with E-state index in [2.05, 4.69) is 21.0 Å². The minimum Gasteiger partial charge on any atom is -0.495 e. The fraction of sp³-hybridized carbons (Fsp3) is 0.467. The zero-order chi connectivity index (χ0) is 15.2. The van der Waals surface area contributed by atoms with Crippen molar-refractivity contribution in [1.29, 1.82) is 5.26 Å². The largest absolute Gasteiger partial charge is 0.495 e. The molecule has 1 heterocycles. The topological polar surface area (TPSA) is 74.6 Å². The molecule has 1 fully saturated rings. The van der Waals surface area contributed by atoms with Gasteiger partial charge >= 0.3 is 6.09 Å². The van der Waals surface area contributed by atoms with Crippen LogP contribution in [0.15, 0.2) is 18.2 Å². The van der Waals surface area contributed by atoms with E-state index in [1.54, 1.807) is 7.11 Å². The minimum atomic E-state index is -0.391. The molecule has 6 heteroatoms. The second-order valence-corrected chi connectivity index (χ2v) is 5.00. The molecule has 0 spiro atoms. The van der Waals surface area contributed by atoms with Crippen molar-refractivity contribution in [3.8, 4) is 11.8 Å². The van der Waals surface area contributed by atoms with Crippen molar-refractivity contribution in [3.05, 3.63) is 29.3 Å². The van der Waals surface area contributed by atoms with Gasteiger partial charge in [-0.3, -0.25) is 4.90 Å². The Hall–Kier alpha value is -2.26. The standard InChI is InChI=1S/C15H19N3O3/c1-20-14-4-3-11(7-12(14)8-16)9-18-6-5-13(10-18)17-15(19)21-2/h3-4,7,13H,5-6,9-10H2,1-2H3,(H,17,19). The van der Waals surface area contributed by atoms with Crippen molar-refractivity contribution in [2.45, 2.75) is 19.0 Å². The molecular weight excluding hydrogens is 270 g/mol. The molecule has 1 aromatic rings. The lowest BCUT2D eigenvalue weighted by Crippen LogP contribution is -2.36. The maximum Gasteiger partial charge on any atom is 0.407 e. The molecule has 1 aliphatic heterocycles. The van der Waals surface area contributed by atoms with Crippen LogP contribution in [0.2, 0.25) is 0 Å². The zero-order valence-electron chi connectivity index (χ0n) is 12.3. The summed E-state index contributed by atoms with van der Waals surface area (Å²) in [5.74, 6) is 0.591. The monoisotopic (exact) mass is 289 g/mol. The predicted molar refractivity (Wildman–Crippen MR) is 76.9 cm³/mol. The number of nitrogens with one attached hydrogen (secondary N) is 1. The van der Waals surface area contributed by atoms with Gasteiger partial charge in [0, 0.05) is 25.7 Å². The number of carbonyl (C=O) groups excluding carboxylic acids is 1. The predicted octanol–water partition coefficient (Wildman–Crippen LogP) is 1.50. The summed E-state index contributed by atoms with van der Waals surface area (Å²) >= 11 is 0. The van der Waals surface area contributed by atoms with Crippen molar-refractivity contribution in [2.24, 2.45) is 0 Å². The summed E-state index contributed by atoms with van der Waals surface area (Å²) in [6.45, 7) is 2.43. The summed E-state index contributed by atoms with van der Waals surface area (Å²) < 4.78 is 9.74.